The lowest BCUT2D eigenvalue weighted by atomic mass is 10.0. The summed E-state index contributed by atoms with van der Waals surface area (Å²) in [4.78, 5) is 6.83. The lowest BCUT2D eigenvalue weighted by Gasteiger charge is -2.38. The summed E-state index contributed by atoms with van der Waals surface area (Å²) < 4.78 is 18.3. The fraction of sp³-hybridized carbons (Fsp3) is 0.467. The summed E-state index contributed by atoms with van der Waals surface area (Å²) >= 11 is 0. The Morgan fingerprint density at radius 2 is 1.86 bits per heavy atom. The summed E-state index contributed by atoms with van der Waals surface area (Å²) in [5.41, 5.74) is 0.440. The Morgan fingerprint density at radius 1 is 1.19 bits per heavy atom. The van der Waals surface area contributed by atoms with Crippen molar-refractivity contribution in [3.05, 3.63) is 35.9 Å². The van der Waals surface area contributed by atoms with Gasteiger partial charge in [-0.15, -0.1) is 0 Å². The molecule has 0 bridgehead atoms. The Hall–Kier alpha value is -1.79. The highest BCUT2D eigenvalue weighted by molar-refractivity contribution is 5.52. The van der Waals surface area contributed by atoms with E-state index in [-0.39, 0.29) is 11.4 Å². The molecule has 1 aliphatic rings. The van der Waals surface area contributed by atoms with Gasteiger partial charge in [0.05, 0.1) is 5.54 Å². The van der Waals surface area contributed by atoms with Gasteiger partial charge in [0.2, 0.25) is 0 Å². The molecule has 3 rings (SSSR count). The molecule has 21 heavy (non-hydrogen) atoms. The Bertz CT molecular complexity index is 602. The van der Waals surface area contributed by atoms with Crippen LogP contribution in [-0.4, -0.2) is 41.2 Å². The zero-order valence-electron chi connectivity index (χ0n) is 12.3. The molecule has 1 aromatic heterocycles. The minimum absolute atomic E-state index is 0.278. The quantitative estimate of drug-likeness (QED) is 0.937. The maximum Gasteiger partial charge on any atom is 0.257 e. The third-order valence-corrected chi connectivity index (χ3v) is 3.97. The van der Waals surface area contributed by atoms with Gasteiger partial charge in [-0.25, -0.2) is 4.39 Å². The largest absolute Gasteiger partial charge is 0.334 e. The van der Waals surface area contributed by atoms with Crippen LogP contribution in [0.15, 0.2) is 28.8 Å². The number of halogens is 1. The third-order valence-electron chi connectivity index (χ3n) is 3.97. The number of benzene rings is 1. The smallest absolute Gasteiger partial charge is 0.257 e. The molecule has 112 valence electrons. The molecule has 1 fully saturated rings. The molecule has 2 aromatic rings. The van der Waals surface area contributed by atoms with E-state index in [1.165, 1.54) is 12.1 Å². The van der Waals surface area contributed by atoms with Gasteiger partial charge in [0.25, 0.3) is 5.89 Å². The summed E-state index contributed by atoms with van der Waals surface area (Å²) in [7, 11) is 0. The molecular weight excluding hydrogens is 271 g/mol. The van der Waals surface area contributed by atoms with Crippen LogP contribution in [0.3, 0.4) is 0 Å². The molecule has 0 saturated carbocycles. The van der Waals surface area contributed by atoms with Crippen LogP contribution in [0.5, 0.6) is 0 Å². The van der Waals surface area contributed by atoms with Crippen LogP contribution in [-0.2, 0) is 5.54 Å². The van der Waals surface area contributed by atoms with E-state index in [0.29, 0.717) is 11.7 Å². The van der Waals surface area contributed by atoms with Gasteiger partial charge in [-0.3, -0.25) is 4.90 Å². The van der Waals surface area contributed by atoms with E-state index in [1.54, 1.807) is 12.1 Å². The average Bonchev–Trinajstić information content (AvgIpc) is 2.99. The zero-order chi connectivity index (χ0) is 14.9. The van der Waals surface area contributed by atoms with Gasteiger partial charge < -0.3 is 9.84 Å². The molecule has 2 heterocycles. The highest BCUT2D eigenvalue weighted by atomic mass is 19.1. The van der Waals surface area contributed by atoms with E-state index in [0.717, 1.165) is 31.7 Å². The van der Waals surface area contributed by atoms with Crippen molar-refractivity contribution in [2.45, 2.75) is 19.4 Å². The van der Waals surface area contributed by atoms with Crippen LogP contribution in [0.25, 0.3) is 11.5 Å². The van der Waals surface area contributed by atoms with Gasteiger partial charge >= 0.3 is 0 Å². The maximum atomic E-state index is 13.0. The summed E-state index contributed by atoms with van der Waals surface area (Å²) in [6.45, 7) is 8.02. The van der Waals surface area contributed by atoms with Crippen molar-refractivity contribution in [2.75, 3.05) is 26.2 Å². The highest BCUT2D eigenvalue weighted by Crippen LogP contribution is 2.28. The monoisotopic (exact) mass is 290 g/mol. The van der Waals surface area contributed by atoms with Gasteiger partial charge in [0.15, 0.2) is 5.82 Å². The Balaban J connectivity index is 1.84. The molecule has 0 unspecified atom stereocenters. The summed E-state index contributed by atoms with van der Waals surface area (Å²) in [5.74, 6) is 0.802. The second kappa shape index (κ2) is 5.54. The van der Waals surface area contributed by atoms with Crippen LogP contribution >= 0.6 is 0 Å². The molecule has 1 saturated heterocycles. The molecule has 0 radical (unpaired) electrons. The van der Waals surface area contributed by atoms with E-state index in [2.05, 4.69) is 34.2 Å². The lowest BCUT2D eigenvalue weighted by Crippen LogP contribution is -2.52. The van der Waals surface area contributed by atoms with Gasteiger partial charge in [0.1, 0.15) is 5.82 Å². The SMILES string of the molecule is CC(C)(c1noc(-c2ccc(F)cc2)n1)N1CCNCC1. The van der Waals surface area contributed by atoms with E-state index in [9.17, 15) is 4.39 Å². The summed E-state index contributed by atoms with van der Waals surface area (Å²) in [6, 6.07) is 6.07. The molecule has 0 aliphatic carbocycles. The van der Waals surface area contributed by atoms with Crippen molar-refractivity contribution in [1.82, 2.24) is 20.4 Å². The molecule has 1 aromatic carbocycles. The van der Waals surface area contributed by atoms with Gasteiger partial charge in [0, 0.05) is 31.7 Å². The predicted molar refractivity (Wildman–Crippen MR) is 77.2 cm³/mol. The number of rotatable bonds is 3. The normalized spacial score (nSPS) is 17.1. The minimum Gasteiger partial charge on any atom is -0.334 e. The molecule has 5 nitrogen and oxygen atoms in total. The van der Waals surface area contributed by atoms with Crippen molar-refractivity contribution < 1.29 is 8.91 Å². The summed E-state index contributed by atoms with van der Waals surface area (Å²) in [6.07, 6.45) is 0. The molecule has 6 heteroatoms. The van der Waals surface area contributed by atoms with Crippen LogP contribution in [0.2, 0.25) is 0 Å². The standard InChI is InChI=1S/C15H19FN4O/c1-15(2,20-9-7-17-8-10-20)14-18-13(21-19-14)11-3-5-12(16)6-4-11/h3-6,17H,7-10H2,1-2H3. The van der Waals surface area contributed by atoms with Crippen LogP contribution < -0.4 is 5.32 Å². The van der Waals surface area contributed by atoms with Gasteiger partial charge in [-0.1, -0.05) is 5.16 Å². The number of hydrogen-bond acceptors (Lipinski definition) is 5. The number of nitrogens with one attached hydrogen (secondary N) is 1. The van der Waals surface area contributed by atoms with E-state index < -0.39 is 0 Å². The van der Waals surface area contributed by atoms with E-state index in [1.807, 2.05) is 0 Å². The van der Waals surface area contributed by atoms with Crippen LogP contribution in [0.1, 0.15) is 19.7 Å². The van der Waals surface area contributed by atoms with Crippen molar-refractivity contribution in [1.29, 1.82) is 0 Å². The van der Waals surface area contributed by atoms with Crippen LogP contribution in [0.4, 0.5) is 4.39 Å². The van der Waals surface area contributed by atoms with Gasteiger partial charge in [-0.2, -0.15) is 4.98 Å². The highest BCUT2D eigenvalue weighted by Gasteiger charge is 2.34. The molecule has 1 N–H and O–H groups in total. The van der Waals surface area contributed by atoms with Gasteiger partial charge in [-0.05, 0) is 38.1 Å². The minimum atomic E-state index is -0.288. The first-order valence-electron chi connectivity index (χ1n) is 7.13. The third kappa shape index (κ3) is 2.82. The zero-order valence-corrected chi connectivity index (χ0v) is 12.3. The lowest BCUT2D eigenvalue weighted by molar-refractivity contribution is 0.0925. The van der Waals surface area contributed by atoms with Crippen molar-refractivity contribution >= 4 is 0 Å². The fourth-order valence-electron chi connectivity index (χ4n) is 2.55. The number of piperazine rings is 1. The average molecular weight is 290 g/mol. The topological polar surface area (TPSA) is 54.2 Å². The second-order valence-electron chi connectivity index (χ2n) is 5.73. The number of aromatic nitrogens is 2. The van der Waals surface area contributed by atoms with Crippen molar-refractivity contribution in [3.8, 4) is 11.5 Å². The maximum absolute atomic E-state index is 13.0. The molecule has 0 amide bonds. The van der Waals surface area contributed by atoms with Crippen molar-refractivity contribution in [3.63, 3.8) is 0 Å². The Labute approximate surface area is 123 Å². The number of hydrogen-bond donors (Lipinski definition) is 1. The van der Waals surface area contributed by atoms with Crippen molar-refractivity contribution in [2.24, 2.45) is 0 Å². The fourth-order valence-corrected chi connectivity index (χ4v) is 2.55. The van der Waals surface area contributed by atoms with E-state index in [4.69, 9.17) is 4.52 Å². The Kier molecular flexibility index (Phi) is 3.73. The van der Waals surface area contributed by atoms with Crippen LogP contribution in [0, 0.1) is 5.82 Å². The predicted octanol–water partition coefficient (Wildman–Crippen LogP) is 2.02. The molecule has 1 aliphatic heterocycles. The molecular formula is C15H19FN4O. The Morgan fingerprint density at radius 3 is 2.52 bits per heavy atom. The first-order valence-corrected chi connectivity index (χ1v) is 7.13. The first kappa shape index (κ1) is 14.2. The number of nitrogens with zero attached hydrogens (tertiary/aromatic N) is 3. The summed E-state index contributed by atoms with van der Waals surface area (Å²) in [5, 5.41) is 7.45. The van der Waals surface area contributed by atoms with E-state index >= 15 is 0 Å². The molecule has 0 atom stereocenters. The second-order valence-corrected chi connectivity index (χ2v) is 5.73. The first-order chi connectivity index (χ1) is 10.1. The molecule has 0 spiro atoms.